The monoisotopic (exact) mass is 366 g/mol. The molecule has 5 heteroatoms. The van der Waals surface area contributed by atoms with Gasteiger partial charge in [0.2, 0.25) is 0 Å². The van der Waals surface area contributed by atoms with Gasteiger partial charge in [0.15, 0.2) is 0 Å². The number of nitrogens with zero attached hydrogens (tertiary/aromatic N) is 2. The fraction of sp³-hybridized carbons (Fsp3) is 0.0952. The number of hydrogen-bond donors (Lipinski definition) is 0. The standard InChI is InChI=1S/C21H16ClFN2O/c22-16-7-11-18(12-8-16)26-14-13-25-20-4-2-1-3-19(20)24-21(25)15-5-9-17(23)10-6-15/h1-12H,13-14H2. The largest absolute Gasteiger partial charge is 0.492 e. The van der Waals surface area contributed by atoms with Gasteiger partial charge in [0, 0.05) is 10.6 Å². The summed E-state index contributed by atoms with van der Waals surface area (Å²) in [5.74, 6) is 1.30. The van der Waals surface area contributed by atoms with Crippen LogP contribution in [0.3, 0.4) is 0 Å². The first-order valence-corrected chi connectivity index (χ1v) is 8.68. The van der Waals surface area contributed by atoms with E-state index in [0.29, 0.717) is 18.2 Å². The van der Waals surface area contributed by atoms with Crippen LogP contribution in [0.1, 0.15) is 0 Å². The lowest BCUT2D eigenvalue weighted by Gasteiger charge is -2.11. The predicted octanol–water partition coefficient (Wildman–Crippen LogP) is 5.57. The number of rotatable bonds is 5. The van der Waals surface area contributed by atoms with Crippen molar-refractivity contribution in [2.24, 2.45) is 0 Å². The van der Waals surface area contributed by atoms with Crippen molar-refractivity contribution in [3.05, 3.63) is 83.6 Å². The molecule has 0 saturated heterocycles. The molecule has 0 aliphatic heterocycles. The van der Waals surface area contributed by atoms with Gasteiger partial charge in [-0.3, -0.25) is 0 Å². The maximum absolute atomic E-state index is 13.3. The zero-order valence-electron chi connectivity index (χ0n) is 13.9. The summed E-state index contributed by atoms with van der Waals surface area (Å²) in [6, 6.07) is 21.6. The number of fused-ring (bicyclic) bond motifs is 1. The lowest BCUT2D eigenvalue weighted by Crippen LogP contribution is -2.09. The molecule has 0 aliphatic rings. The molecular weight excluding hydrogens is 351 g/mol. The Bertz CT molecular complexity index is 1030. The lowest BCUT2D eigenvalue weighted by atomic mass is 10.2. The minimum atomic E-state index is -0.262. The second kappa shape index (κ2) is 7.18. The number of benzene rings is 3. The number of para-hydroxylation sites is 2. The van der Waals surface area contributed by atoms with Crippen molar-refractivity contribution in [2.75, 3.05) is 6.61 Å². The van der Waals surface area contributed by atoms with Crippen LogP contribution in [0.5, 0.6) is 5.75 Å². The summed E-state index contributed by atoms with van der Waals surface area (Å²) >= 11 is 5.90. The van der Waals surface area contributed by atoms with Crippen LogP contribution in [-0.4, -0.2) is 16.2 Å². The van der Waals surface area contributed by atoms with E-state index in [0.717, 1.165) is 28.2 Å². The van der Waals surface area contributed by atoms with Crippen LogP contribution < -0.4 is 4.74 Å². The topological polar surface area (TPSA) is 27.1 Å². The zero-order chi connectivity index (χ0) is 17.9. The molecule has 0 atom stereocenters. The molecule has 0 unspecified atom stereocenters. The molecule has 0 aliphatic carbocycles. The Balaban J connectivity index is 1.63. The first-order valence-electron chi connectivity index (χ1n) is 8.30. The molecule has 0 N–H and O–H groups in total. The summed E-state index contributed by atoms with van der Waals surface area (Å²) in [6.45, 7) is 1.10. The maximum atomic E-state index is 13.3. The third-order valence-corrected chi connectivity index (χ3v) is 4.41. The molecule has 3 nitrogen and oxygen atoms in total. The highest BCUT2D eigenvalue weighted by molar-refractivity contribution is 6.30. The van der Waals surface area contributed by atoms with Crippen molar-refractivity contribution in [2.45, 2.75) is 6.54 Å². The van der Waals surface area contributed by atoms with Crippen molar-refractivity contribution in [1.82, 2.24) is 9.55 Å². The highest BCUT2D eigenvalue weighted by atomic mass is 35.5. The summed E-state index contributed by atoms with van der Waals surface area (Å²) < 4.78 is 21.2. The van der Waals surface area contributed by atoms with E-state index in [1.54, 1.807) is 24.3 Å². The number of ether oxygens (including phenoxy) is 1. The van der Waals surface area contributed by atoms with Gasteiger partial charge in [-0.15, -0.1) is 0 Å². The van der Waals surface area contributed by atoms with Gasteiger partial charge in [-0.25, -0.2) is 9.37 Å². The van der Waals surface area contributed by atoms with Gasteiger partial charge in [-0.1, -0.05) is 23.7 Å². The summed E-state index contributed by atoms with van der Waals surface area (Å²) in [5, 5.41) is 0.677. The van der Waals surface area contributed by atoms with Crippen LogP contribution in [0, 0.1) is 5.82 Å². The smallest absolute Gasteiger partial charge is 0.141 e. The van der Waals surface area contributed by atoms with Crippen LogP contribution >= 0.6 is 11.6 Å². The predicted molar refractivity (Wildman–Crippen MR) is 102 cm³/mol. The maximum Gasteiger partial charge on any atom is 0.141 e. The molecule has 4 rings (SSSR count). The van der Waals surface area contributed by atoms with Crippen LogP contribution in [0.2, 0.25) is 5.02 Å². The molecule has 0 bridgehead atoms. The van der Waals surface area contributed by atoms with Gasteiger partial charge < -0.3 is 9.30 Å². The molecule has 0 amide bonds. The second-order valence-corrected chi connectivity index (χ2v) is 6.32. The molecule has 0 saturated carbocycles. The van der Waals surface area contributed by atoms with Crippen molar-refractivity contribution < 1.29 is 9.13 Å². The summed E-state index contributed by atoms with van der Waals surface area (Å²) in [5.41, 5.74) is 2.79. The average Bonchev–Trinajstić information content (AvgIpc) is 3.03. The number of halogens is 2. The Morgan fingerprint density at radius 2 is 1.65 bits per heavy atom. The van der Waals surface area contributed by atoms with Crippen LogP contribution in [0.25, 0.3) is 22.4 Å². The van der Waals surface area contributed by atoms with Crippen molar-refractivity contribution in [3.63, 3.8) is 0 Å². The number of imidazole rings is 1. The van der Waals surface area contributed by atoms with E-state index in [1.807, 2.05) is 36.4 Å². The Labute approximate surface area is 155 Å². The first kappa shape index (κ1) is 16.6. The highest BCUT2D eigenvalue weighted by Gasteiger charge is 2.12. The first-order chi connectivity index (χ1) is 12.7. The third-order valence-electron chi connectivity index (χ3n) is 4.15. The Hall–Kier alpha value is -2.85. The number of hydrogen-bond acceptors (Lipinski definition) is 2. The van der Waals surface area contributed by atoms with E-state index in [1.165, 1.54) is 12.1 Å². The molecule has 0 radical (unpaired) electrons. The third kappa shape index (κ3) is 3.41. The van der Waals surface area contributed by atoms with Gasteiger partial charge in [0.25, 0.3) is 0 Å². The SMILES string of the molecule is Fc1ccc(-c2nc3ccccc3n2CCOc2ccc(Cl)cc2)cc1. The molecule has 4 aromatic rings. The highest BCUT2D eigenvalue weighted by Crippen LogP contribution is 2.25. The van der Waals surface area contributed by atoms with E-state index in [9.17, 15) is 4.39 Å². The zero-order valence-corrected chi connectivity index (χ0v) is 14.7. The normalized spacial score (nSPS) is 11.0. The van der Waals surface area contributed by atoms with Gasteiger partial charge >= 0.3 is 0 Å². The Morgan fingerprint density at radius 1 is 0.923 bits per heavy atom. The fourth-order valence-electron chi connectivity index (χ4n) is 2.91. The molecule has 26 heavy (non-hydrogen) atoms. The molecule has 130 valence electrons. The van der Waals surface area contributed by atoms with E-state index >= 15 is 0 Å². The Kier molecular flexibility index (Phi) is 4.59. The van der Waals surface area contributed by atoms with Crippen molar-refractivity contribution in [3.8, 4) is 17.1 Å². The number of aromatic nitrogens is 2. The van der Waals surface area contributed by atoms with E-state index in [2.05, 4.69) is 4.57 Å². The average molecular weight is 367 g/mol. The van der Waals surface area contributed by atoms with Gasteiger partial charge in [0.05, 0.1) is 17.6 Å². The second-order valence-electron chi connectivity index (χ2n) is 5.89. The molecular formula is C21H16ClFN2O. The summed E-state index contributed by atoms with van der Waals surface area (Å²) in [4.78, 5) is 4.72. The summed E-state index contributed by atoms with van der Waals surface area (Å²) in [7, 11) is 0. The summed E-state index contributed by atoms with van der Waals surface area (Å²) in [6.07, 6.45) is 0. The molecule has 1 aromatic heterocycles. The fourth-order valence-corrected chi connectivity index (χ4v) is 3.03. The minimum absolute atomic E-state index is 0.262. The van der Waals surface area contributed by atoms with Crippen LogP contribution in [0.15, 0.2) is 72.8 Å². The van der Waals surface area contributed by atoms with Gasteiger partial charge in [0.1, 0.15) is 24.0 Å². The van der Waals surface area contributed by atoms with Crippen molar-refractivity contribution >= 4 is 22.6 Å². The van der Waals surface area contributed by atoms with Gasteiger partial charge in [-0.05, 0) is 60.7 Å². The molecule has 0 spiro atoms. The lowest BCUT2D eigenvalue weighted by molar-refractivity contribution is 0.301. The van der Waals surface area contributed by atoms with Crippen LogP contribution in [0.4, 0.5) is 4.39 Å². The van der Waals surface area contributed by atoms with Crippen LogP contribution in [-0.2, 0) is 6.54 Å². The molecule has 1 heterocycles. The van der Waals surface area contributed by atoms with E-state index in [4.69, 9.17) is 21.3 Å². The van der Waals surface area contributed by atoms with E-state index < -0.39 is 0 Å². The van der Waals surface area contributed by atoms with E-state index in [-0.39, 0.29) is 5.82 Å². The van der Waals surface area contributed by atoms with Crippen molar-refractivity contribution in [1.29, 1.82) is 0 Å². The quantitative estimate of drug-likeness (QED) is 0.461. The molecule has 0 fully saturated rings. The molecule has 3 aromatic carbocycles. The van der Waals surface area contributed by atoms with Gasteiger partial charge in [-0.2, -0.15) is 0 Å². The Morgan fingerprint density at radius 3 is 2.42 bits per heavy atom. The minimum Gasteiger partial charge on any atom is -0.492 e.